The van der Waals surface area contributed by atoms with Crippen LogP contribution in [0.25, 0.3) is 5.69 Å². The predicted octanol–water partition coefficient (Wildman–Crippen LogP) is 4.11. The van der Waals surface area contributed by atoms with Crippen LogP contribution in [0.3, 0.4) is 0 Å². The number of amides is 1. The molecule has 0 radical (unpaired) electrons. The number of aromatic nitrogens is 3. The molecule has 0 unspecified atom stereocenters. The fraction of sp³-hybridized carbons (Fsp3) is 0.500. The van der Waals surface area contributed by atoms with Crippen LogP contribution in [-0.4, -0.2) is 43.9 Å². The molecule has 5 nitrogen and oxygen atoms in total. The summed E-state index contributed by atoms with van der Waals surface area (Å²) in [5.41, 5.74) is 1.93. The largest absolute Gasteiger partial charge is 0.339 e. The van der Waals surface area contributed by atoms with Crippen molar-refractivity contribution in [3.8, 4) is 5.69 Å². The van der Waals surface area contributed by atoms with Crippen molar-refractivity contribution in [1.29, 1.82) is 0 Å². The average molecular weight is 379 g/mol. The maximum Gasteiger partial charge on any atom is 0.233 e. The van der Waals surface area contributed by atoms with E-state index in [-0.39, 0.29) is 5.91 Å². The van der Waals surface area contributed by atoms with E-state index in [4.69, 9.17) is 11.6 Å². The Bertz CT molecular complexity index is 748. The minimum absolute atomic E-state index is 0.188. The van der Waals surface area contributed by atoms with Crippen LogP contribution in [0, 0.1) is 6.92 Å². The van der Waals surface area contributed by atoms with Gasteiger partial charge in [0, 0.05) is 17.6 Å². The summed E-state index contributed by atoms with van der Waals surface area (Å²) in [5, 5.41) is 9.57. The quantitative estimate of drug-likeness (QED) is 0.734. The SMILES string of the molecule is CC[C@@H]1CCCCN1C(=O)CSc1nncn1-c1ccc(C)c(Cl)c1. The van der Waals surface area contributed by atoms with Gasteiger partial charge in [-0.15, -0.1) is 10.2 Å². The van der Waals surface area contributed by atoms with Crippen molar-refractivity contribution in [2.75, 3.05) is 12.3 Å². The topological polar surface area (TPSA) is 51.0 Å². The second-order valence-electron chi connectivity index (χ2n) is 6.35. The van der Waals surface area contributed by atoms with E-state index in [9.17, 15) is 4.79 Å². The molecule has 2 aromatic rings. The van der Waals surface area contributed by atoms with Crippen LogP contribution in [0.5, 0.6) is 0 Å². The van der Waals surface area contributed by atoms with Gasteiger partial charge in [-0.2, -0.15) is 0 Å². The minimum atomic E-state index is 0.188. The summed E-state index contributed by atoms with van der Waals surface area (Å²) in [6.45, 7) is 4.99. The Morgan fingerprint density at radius 1 is 1.40 bits per heavy atom. The summed E-state index contributed by atoms with van der Waals surface area (Å²) in [4.78, 5) is 14.7. The third kappa shape index (κ3) is 4.18. The van der Waals surface area contributed by atoms with E-state index in [0.717, 1.165) is 37.1 Å². The van der Waals surface area contributed by atoms with Crippen LogP contribution in [0.4, 0.5) is 0 Å². The van der Waals surface area contributed by atoms with Gasteiger partial charge in [0.05, 0.1) is 11.4 Å². The van der Waals surface area contributed by atoms with E-state index in [2.05, 4.69) is 17.1 Å². The fourth-order valence-electron chi connectivity index (χ4n) is 3.19. The molecule has 1 aliphatic heterocycles. The first-order chi connectivity index (χ1) is 12.1. The highest BCUT2D eigenvalue weighted by Gasteiger charge is 2.25. The van der Waals surface area contributed by atoms with Gasteiger partial charge in [0.2, 0.25) is 5.91 Å². The zero-order chi connectivity index (χ0) is 17.8. The lowest BCUT2D eigenvalue weighted by molar-refractivity contribution is -0.132. The second kappa shape index (κ2) is 8.23. The number of aryl methyl sites for hydroxylation is 1. The van der Waals surface area contributed by atoms with Gasteiger partial charge in [-0.1, -0.05) is 36.4 Å². The summed E-state index contributed by atoms with van der Waals surface area (Å²) in [6, 6.07) is 6.23. The van der Waals surface area contributed by atoms with Gasteiger partial charge >= 0.3 is 0 Å². The first-order valence-corrected chi connectivity index (χ1v) is 10.0. The fourth-order valence-corrected chi connectivity index (χ4v) is 4.18. The van der Waals surface area contributed by atoms with Crippen LogP contribution in [0.1, 0.15) is 38.2 Å². The Morgan fingerprint density at radius 3 is 3.00 bits per heavy atom. The molecule has 0 N–H and O–H groups in total. The molecule has 0 bridgehead atoms. The van der Waals surface area contributed by atoms with Crippen molar-refractivity contribution in [3.63, 3.8) is 0 Å². The summed E-state index contributed by atoms with van der Waals surface area (Å²) >= 11 is 7.65. The van der Waals surface area contributed by atoms with E-state index >= 15 is 0 Å². The number of rotatable bonds is 5. The van der Waals surface area contributed by atoms with Gasteiger partial charge in [0.25, 0.3) is 0 Å². The Kier molecular flexibility index (Phi) is 6.02. The second-order valence-corrected chi connectivity index (χ2v) is 7.70. The Balaban J connectivity index is 1.69. The van der Waals surface area contributed by atoms with Crippen LogP contribution in [0.2, 0.25) is 5.02 Å². The zero-order valence-corrected chi connectivity index (χ0v) is 16.2. The Labute approximate surface area is 157 Å². The molecule has 25 heavy (non-hydrogen) atoms. The Hall–Kier alpha value is -1.53. The third-order valence-electron chi connectivity index (χ3n) is 4.69. The van der Waals surface area contributed by atoms with E-state index in [1.807, 2.05) is 34.6 Å². The number of nitrogens with zero attached hydrogens (tertiary/aromatic N) is 4. The van der Waals surface area contributed by atoms with Crippen LogP contribution >= 0.6 is 23.4 Å². The summed E-state index contributed by atoms with van der Waals surface area (Å²) in [7, 11) is 0. The van der Waals surface area contributed by atoms with Gasteiger partial charge in [-0.3, -0.25) is 9.36 Å². The maximum absolute atomic E-state index is 12.6. The molecular weight excluding hydrogens is 356 g/mol. The van der Waals surface area contributed by atoms with Crippen LogP contribution < -0.4 is 0 Å². The van der Waals surface area contributed by atoms with Crippen molar-refractivity contribution in [2.45, 2.75) is 50.7 Å². The molecule has 2 heterocycles. The van der Waals surface area contributed by atoms with Crippen molar-refractivity contribution in [1.82, 2.24) is 19.7 Å². The normalized spacial score (nSPS) is 17.7. The molecule has 1 amide bonds. The van der Waals surface area contributed by atoms with Crippen molar-refractivity contribution in [3.05, 3.63) is 35.1 Å². The number of halogens is 1. The molecule has 1 aromatic heterocycles. The van der Waals surface area contributed by atoms with Gasteiger partial charge in [-0.05, 0) is 50.3 Å². The van der Waals surface area contributed by atoms with Gasteiger partial charge < -0.3 is 4.90 Å². The number of hydrogen-bond donors (Lipinski definition) is 0. The first-order valence-electron chi connectivity index (χ1n) is 8.69. The number of hydrogen-bond acceptors (Lipinski definition) is 4. The first kappa shape index (κ1) is 18.3. The third-order valence-corrected chi connectivity index (χ3v) is 6.03. The number of benzene rings is 1. The molecule has 1 saturated heterocycles. The predicted molar refractivity (Wildman–Crippen MR) is 101 cm³/mol. The lowest BCUT2D eigenvalue weighted by Crippen LogP contribution is -2.44. The van der Waals surface area contributed by atoms with E-state index in [1.165, 1.54) is 18.2 Å². The maximum atomic E-state index is 12.6. The highest BCUT2D eigenvalue weighted by molar-refractivity contribution is 7.99. The molecule has 0 saturated carbocycles. The van der Waals surface area contributed by atoms with Gasteiger partial charge in [-0.25, -0.2) is 0 Å². The molecule has 1 aliphatic rings. The number of carbonyl (C=O) groups excluding carboxylic acids is 1. The number of piperidine rings is 1. The number of likely N-dealkylation sites (tertiary alicyclic amines) is 1. The molecule has 134 valence electrons. The molecular formula is C18H23ClN4OS. The van der Waals surface area contributed by atoms with Gasteiger partial charge in [0.15, 0.2) is 5.16 Å². The van der Waals surface area contributed by atoms with Crippen molar-refractivity contribution < 1.29 is 4.79 Å². The minimum Gasteiger partial charge on any atom is -0.339 e. The van der Waals surface area contributed by atoms with Crippen LogP contribution in [0.15, 0.2) is 29.7 Å². The van der Waals surface area contributed by atoms with E-state index in [1.54, 1.807) is 6.33 Å². The Morgan fingerprint density at radius 2 is 2.24 bits per heavy atom. The molecule has 1 atom stereocenters. The number of carbonyl (C=O) groups is 1. The van der Waals surface area contributed by atoms with E-state index in [0.29, 0.717) is 22.0 Å². The molecule has 1 fully saturated rings. The summed E-state index contributed by atoms with van der Waals surface area (Å²) < 4.78 is 1.87. The van der Waals surface area contributed by atoms with E-state index < -0.39 is 0 Å². The highest BCUT2D eigenvalue weighted by atomic mass is 35.5. The summed E-state index contributed by atoms with van der Waals surface area (Å²) in [6.07, 6.45) is 6.12. The van der Waals surface area contributed by atoms with Crippen LogP contribution in [-0.2, 0) is 4.79 Å². The summed E-state index contributed by atoms with van der Waals surface area (Å²) in [5.74, 6) is 0.572. The number of thioether (sulfide) groups is 1. The van der Waals surface area contributed by atoms with Gasteiger partial charge in [0.1, 0.15) is 6.33 Å². The molecule has 3 rings (SSSR count). The molecule has 7 heteroatoms. The zero-order valence-electron chi connectivity index (χ0n) is 14.6. The van der Waals surface area contributed by atoms with Crippen molar-refractivity contribution in [2.24, 2.45) is 0 Å². The lowest BCUT2D eigenvalue weighted by atomic mass is 10.0. The molecule has 1 aromatic carbocycles. The molecule has 0 aliphatic carbocycles. The monoisotopic (exact) mass is 378 g/mol. The highest BCUT2D eigenvalue weighted by Crippen LogP contribution is 2.25. The standard InChI is InChI=1S/C18H23ClN4OS/c1-3-14-6-4-5-9-22(14)17(24)11-25-18-21-20-12-23(18)15-8-7-13(2)16(19)10-15/h7-8,10,12,14H,3-6,9,11H2,1-2H3/t14-/m1/s1. The molecule has 0 spiro atoms. The average Bonchev–Trinajstić information content (AvgIpc) is 3.10. The van der Waals surface area contributed by atoms with Crippen molar-refractivity contribution >= 4 is 29.3 Å². The lowest BCUT2D eigenvalue weighted by Gasteiger charge is -2.35. The smallest absolute Gasteiger partial charge is 0.233 e.